The highest BCUT2D eigenvalue weighted by Crippen LogP contribution is 2.40. The fourth-order valence-electron chi connectivity index (χ4n) is 2.92. The molecule has 1 saturated heterocycles. The maximum absolute atomic E-state index is 10.5. The highest BCUT2D eigenvalue weighted by Gasteiger charge is 2.44. The Morgan fingerprint density at radius 2 is 2.12 bits per heavy atom. The Labute approximate surface area is 104 Å². The third-order valence-electron chi connectivity index (χ3n) is 4.46. The zero-order chi connectivity index (χ0) is 12.5. The molecule has 0 aromatic heterocycles. The third-order valence-corrected chi connectivity index (χ3v) is 4.46. The average molecular weight is 242 g/mol. The summed E-state index contributed by atoms with van der Waals surface area (Å²) in [5.74, 6) is 1.04. The van der Waals surface area contributed by atoms with Crippen LogP contribution in [0.4, 0.5) is 0 Å². The first-order valence-corrected chi connectivity index (χ1v) is 6.76. The largest absolute Gasteiger partial charge is 0.387 e. The van der Waals surface area contributed by atoms with Crippen molar-refractivity contribution in [2.45, 2.75) is 37.9 Å². The van der Waals surface area contributed by atoms with E-state index in [-0.39, 0.29) is 0 Å². The fraction of sp³-hybridized carbons (Fsp3) is 1.00. The smallest absolute Gasteiger partial charge is 0.0923 e. The van der Waals surface area contributed by atoms with Gasteiger partial charge in [-0.1, -0.05) is 6.92 Å². The van der Waals surface area contributed by atoms with E-state index in [1.165, 1.54) is 0 Å². The summed E-state index contributed by atoms with van der Waals surface area (Å²) in [5.41, 5.74) is 5.08. The molecule has 2 aliphatic rings. The Kier molecular flexibility index (Phi) is 4.08. The maximum Gasteiger partial charge on any atom is 0.0923 e. The second-order valence-electron chi connectivity index (χ2n) is 5.86. The van der Waals surface area contributed by atoms with Gasteiger partial charge in [0.05, 0.1) is 11.7 Å². The van der Waals surface area contributed by atoms with Gasteiger partial charge < -0.3 is 15.6 Å². The second kappa shape index (κ2) is 5.22. The first kappa shape index (κ1) is 13.3. The monoisotopic (exact) mass is 242 g/mol. The molecule has 0 spiro atoms. The van der Waals surface area contributed by atoms with Crippen molar-refractivity contribution in [1.29, 1.82) is 0 Å². The third kappa shape index (κ3) is 2.99. The predicted octanol–water partition coefficient (Wildman–Crippen LogP) is 0.443. The lowest BCUT2D eigenvalue weighted by molar-refractivity contribution is -0.0521. The quantitative estimate of drug-likeness (QED) is 0.734. The van der Waals surface area contributed by atoms with E-state index in [1.807, 2.05) is 0 Å². The number of hydrogen-bond donors (Lipinski definition) is 2. The molecule has 1 aliphatic heterocycles. The standard InChI is InChI=1S/C13H26N2O2/c1-10-5-6-15(7-12(10)17-2)9-13(16,8-14)11-3-4-11/h10-12,16H,3-9,14H2,1-2H3. The summed E-state index contributed by atoms with van der Waals surface area (Å²) in [6.07, 6.45) is 3.70. The van der Waals surface area contributed by atoms with E-state index in [2.05, 4.69) is 11.8 Å². The molecule has 1 saturated carbocycles. The molecule has 0 bridgehead atoms. The summed E-state index contributed by atoms with van der Waals surface area (Å²) in [4.78, 5) is 2.32. The molecule has 4 nitrogen and oxygen atoms in total. The first-order valence-electron chi connectivity index (χ1n) is 6.76. The predicted molar refractivity (Wildman–Crippen MR) is 67.7 cm³/mol. The van der Waals surface area contributed by atoms with Crippen LogP contribution in [-0.2, 0) is 4.74 Å². The van der Waals surface area contributed by atoms with Gasteiger partial charge in [-0.25, -0.2) is 0 Å². The van der Waals surface area contributed by atoms with Crippen LogP contribution in [0.5, 0.6) is 0 Å². The van der Waals surface area contributed by atoms with E-state index in [1.54, 1.807) is 7.11 Å². The highest BCUT2D eigenvalue weighted by molar-refractivity contribution is 4.98. The van der Waals surface area contributed by atoms with Crippen LogP contribution in [-0.4, -0.2) is 55.0 Å². The van der Waals surface area contributed by atoms with Gasteiger partial charge in [0.15, 0.2) is 0 Å². The summed E-state index contributed by atoms with van der Waals surface area (Å²) in [7, 11) is 1.78. The Bertz CT molecular complexity index is 258. The van der Waals surface area contributed by atoms with Crippen molar-refractivity contribution in [3.05, 3.63) is 0 Å². The van der Waals surface area contributed by atoms with Crippen molar-refractivity contribution in [3.8, 4) is 0 Å². The van der Waals surface area contributed by atoms with Crippen LogP contribution in [0.1, 0.15) is 26.2 Å². The molecule has 0 aromatic rings. The van der Waals surface area contributed by atoms with Gasteiger partial charge in [0, 0.05) is 26.7 Å². The minimum atomic E-state index is -0.668. The van der Waals surface area contributed by atoms with Crippen LogP contribution >= 0.6 is 0 Å². The molecule has 2 fully saturated rings. The molecule has 2 rings (SSSR count). The molecule has 1 heterocycles. The van der Waals surface area contributed by atoms with Gasteiger partial charge in [0.25, 0.3) is 0 Å². The normalized spacial score (nSPS) is 34.6. The van der Waals surface area contributed by atoms with Crippen molar-refractivity contribution in [1.82, 2.24) is 4.90 Å². The average Bonchev–Trinajstić information content (AvgIpc) is 3.16. The summed E-state index contributed by atoms with van der Waals surface area (Å²) >= 11 is 0. The SMILES string of the molecule is COC1CN(CC(O)(CN)C2CC2)CCC1C. The molecule has 100 valence electrons. The van der Waals surface area contributed by atoms with Crippen LogP contribution in [0.3, 0.4) is 0 Å². The molecular formula is C13H26N2O2. The van der Waals surface area contributed by atoms with Crippen LogP contribution in [0.2, 0.25) is 0 Å². The molecule has 3 N–H and O–H groups in total. The molecule has 4 heteroatoms. The Morgan fingerprint density at radius 1 is 1.41 bits per heavy atom. The number of piperidine rings is 1. The van der Waals surface area contributed by atoms with Crippen LogP contribution < -0.4 is 5.73 Å². The van der Waals surface area contributed by atoms with Crippen molar-refractivity contribution in [2.75, 3.05) is 33.3 Å². The van der Waals surface area contributed by atoms with E-state index in [0.29, 0.717) is 31.0 Å². The van der Waals surface area contributed by atoms with Crippen LogP contribution in [0.25, 0.3) is 0 Å². The fourth-order valence-corrected chi connectivity index (χ4v) is 2.92. The molecular weight excluding hydrogens is 216 g/mol. The number of methoxy groups -OCH3 is 1. The summed E-state index contributed by atoms with van der Waals surface area (Å²) < 4.78 is 5.50. The van der Waals surface area contributed by atoms with Crippen molar-refractivity contribution in [2.24, 2.45) is 17.6 Å². The van der Waals surface area contributed by atoms with Gasteiger partial charge in [-0.15, -0.1) is 0 Å². The number of likely N-dealkylation sites (tertiary alicyclic amines) is 1. The van der Waals surface area contributed by atoms with E-state index >= 15 is 0 Å². The van der Waals surface area contributed by atoms with Gasteiger partial charge in [0.2, 0.25) is 0 Å². The molecule has 0 radical (unpaired) electrons. The number of rotatable bonds is 5. The van der Waals surface area contributed by atoms with Crippen molar-refractivity contribution >= 4 is 0 Å². The minimum absolute atomic E-state index is 0.296. The first-order chi connectivity index (χ1) is 8.09. The number of β-amino-alcohol motifs (C(OH)–C–C–N with tert-alkyl or cyclic N) is 1. The lowest BCUT2D eigenvalue weighted by atomic mass is 9.92. The second-order valence-corrected chi connectivity index (χ2v) is 5.86. The number of nitrogens with zero attached hydrogens (tertiary/aromatic N) is 1. The number of aliphatic hydroxyl groups is 1. The summed E-state index contributed by atoms with van der Waals surface area (Å²) in [5, 5.41) is 10.5. The van der Waals surface area contributed by atoms with Gasteiger partial charge in [0.1, 0.15) is 0 Å². The summed E-state index contributed by atoms with van der Waals surface area (Å²) in [6, 6.07) is 0. The Morgan fingerprint density at radius 3 is 2.65 bits per heavy atom. The van der Waals surface area contributed by atoms with Gasteiger partial charge in [-0.2, -0.15) is 0 Å². The Balaban J connectivity index is 1.90. The maximum atomic E-state index is 10.5. The van der Waals surface area contributed by atoms with Gasteiger partial charge in [-0.3, -0.25) is 4.90 Å². The van der Waals surface area contributed by atoms with Crippen molar-refractivity contribution in [3.63, 3.8) is 0 Å². The van der Waals surface area contributed by atoms with E-state index < -0.39 is 5.60 Å². The molecule has 1 aliphatic carbocycles. The minimum Gasteiger partial charge on any atom is -0.387 e. The zero-order valence-corrected chi connectivity index (χ0v) is 11.1. The number of ether oxygens (including phenoxy) is 1. The lowest BCUT2D eigenvalue weighted by Gasteiger charge is -2.40. The molecule has 3 atom stereocenters. The lowest BCUT2D eigenvalue weighted by Crippen LogP contribution is -2.54. The van der Waals surface area contributed by atoms with Gasteiger partial charge >= 0.3 is 0 Å². The number of nitrogens with two attached hydrogens (primary N) is 1. The molecule has 0 aromatic carbocycles. The van der Waals surface area contributed by atoms with E-state index in [4.69, 9.17) is 10.5 Å². The van der Waals surface area contributed by atoms with E-state index in [9.17, 15) is 5.11 Å². The Hall–Kier alpha value is -0.160. The van der Waals surface area contributed by atoms with Crippen LogP contribution in [0, 0.1) is 11.8 Å². The van der Waals surface area contributed by atoms with E-state index in [0.717, 1.165) is 32.4 Å². The zero-order valence-electron chi connectivity index (χ0n) is 11.1. The molecule has 3 unspecified atom stereocenters. The highest BCUT2D eigenvalue weighted by atomic mass is 16.5. The summed E-state index contributed by atoms with van der Waals surface area (Å²) in [6.45, 7) is 5.30. The van der Waals surface area contributed by atoms with Gasteiger partial charge in [-0.05, 0) is 37.6 Å². The topological polar surface area (TPSA) is 58.7 Å². The molecule has 17 heavy (non-hydrogen) atoms. The molecule has 0 amide bonds. The number of hydrogen-bond acceptors (Lipinski definition) is 4. The van der Waals surface area contributed by atoms with Crippen LogP contribution in [0.15, 0.2) is 0 Å². The van der Waals surface area contributed by atoms with Crippen molar-refractivity contribution < 1.29 is 9.84 Å².